The minimum atomic E-state index is -0.852. The van der Waals surface area contributed by atoms with Crippen LogP contribution in [-0.4, -0.2) is 80.8 Å². The third-order valence-corrected chi connectivity index (χ3v) is 5.25. The number of carbonyl (C=O) groups excluding carboxylic acids is 3. The van der Waals surface area contributed by atoms with Crippen molar-refractivity contribution >= 4 is 35.4 Å². The van der Waals surface area contributed by atoms with E-state index in [-0.39, 0.29) is 12.5 Å². The molecule has 160 valence electrons. The summed E-state index contributed by atoms with van der Waals surface area (Å²) in [7, 11) is 1.63. The van der Waals surface area contributed by atoms with Crippen LogP contribution in [0.3, 0.4) is 0 Å². The molecule has 1 aliphatic heterocycles. The highest BCUT2D eigenvalue weighted by molar-refractivity contribution is 7.98. The predicted molar refractivity (Wildman–Crippen MR) is 112 cm³/mol. The molecule has 0 radical (unpaired) electrons. The first-order valence-corrected chi connectivity index (χ1v) is 10.7. The van der Waals surface area contributed by atoms with E-state index >= 15 is 0 Å². The number of hydrogen-bond acceptors (Lipinski definition) is 7. The average molecular weight is 425 g/mol. The van der Waals surface area contributed by atoms with Crippen molar-refractivity contribution in [3.63, 3.8) is 0 Å². The van der Waals surface area contributed by atoms with Gasteiger partial charge in [0.25, 0.3) is 5.91 Å². The highest BCUT2D eigenvalue weighted by atomic mass is 32.2. The van der Waals surface area contributed by atoms with E-state index in [1.807, 2.05) is 30.5 Å². The second-order valence-electron chi connectivity index (χ2n) is 6.49. The summed E-state index contributed by atoms with van der Waals surface area (Å²) in [5.41, 5.74) is 6.09. The maximum absolute atomic E-state index is 12.4. The molecular formula is C19H28N4O5S. The Bertz CT molecular complexity index is 710. The number of nitrogens with zero attached hydrogens (tertiary/aromatic N) is 2. The van der Waals surface area contributed by atoms with Gasteiger partial charge in [0.05, 0.1) is 12.8 Å². The summed E-state index contributed by atoms with van der Waals surface area (Å²) in [6.07, 6.45) is 2.27. The van der Waals surface area contributed by atoms with E-state index in [2.05, 4.69) is 10.2 Å². The van der Waals surface area contributed by atoms with E-state index in [4.69, 9.17) is 15.2 Å². The van der Waals surface area contributed by atoms with E-state index in [9.17, 15) is 14.4 Å². The van der Waals surface area contributed by atoms with Crippen LogP contribution < -0.4 is 20.7 Å². The lowest BCUT2D eigenvalue weighted by Gasteiger charge is -2.36. The first-order valence-electron chi connectivity index (χ1n) is 9.33. The van der Waals surface area contributed by atoms with E-state index < -0.39 is 18.0 Å². The molecule has 3 N–H and O–H groups in total. The number of primary amides is 1. The summed E-state index contributed by atoms with van der Waals surface area (Å²) in [5, 5.41) is 2.36. The lowest BCUT2D eigenvalue weighted by atomic mass is 10.2. The van der Waals surface area contributed by atoms with Crippen LogP contribution in [0.25, 0.3) is 0 Å². The quantitative estimate of drug-likeness (QED) is 0.560. The molecule has 0 spiro atoms. The number of urea groups is 1. The number of nitrogens with two attached hydrogens (primary N) is 1. The number of ether oxygens (including phenoxy) is 2. The first kappa shape index (κ1) is 22.7. The maximum Gasteiger partial charge on any atom is 0.329 e. The molecule has 9 nitrogen and oxygen atoms in total. The number of para-hydroxylation sites is 2. The van der Waals surface area contributed by atoms with Gasteiger partial charge in [-0.2, -0.15) is 11.8 Å². The van der Waals surface area contributed by atoms with Crippen LogP contribution in [0.5, 0.6) is 5.75 Å². The Labute approximate surface area is 174 Å². The van der Waals surface area contributed by atoms with Gasteiger partial charge in [0.2, 0.25) is 0 Å². The molecule has 0 aromatic heterocycles. The molecule has 3 amide bonds. The molecule has 1 aliphatic rings. The third-order valence-electron chi connectivity index (χ3n) is 4.61. The highest BCUT2D eigenvalue weighted by Gasteiger charge is 2.26. The Hall–Kier alpha value is -2.62. The molecule has 0 bridgehead atoms. The molecular weight excluding hydrogens is 396 g/mol. The van der Waals surface area contributed by atoms with Crippen LogP contribution in [-0.2, 0) is 14.3 Å². The van der Waals surface area contributed by atoms with Gasteiger partial charge < -0.3 is 30.3 Å². The molecule has 1 aromatic rings. The van der Waals surface area contributed by atoms with Crippen molar-refractivity contribution in [2.24, 2.45) is 5.73 Å². The number of thioether (sulfide) groups is 1. The minimum absolute atomic E-state index is 0.263. The molecule has 0 saturated carbocycles. The zero-order chi connectivity index (χ0) is 21.2. The fraction of sp³-hybridized carbons (Fsp3) is 0.526. The van der Waals surface area contributed by atoms with Gasteiger partial charge in [0, 0.05) is 26.2 Å². The van der Waals surface area contributed by atoms with Crippen molar-refractivity contribution in [2.75, 3.05) is 56.8 Å². The Balaban J connectivity index is 1.83. The van der Waals surface area contributed by atoms with E-state index in [1.165, 1.54) is 11.8 Å². The molecule has 1 atom stereocenters. The summed E-state index contributed by atoms with van der Waals surface area (Å²) >= 11 is 1.53. The summed E-state index contributed by atoms with van der Waals surface area (Å²) in [6.45, 7) is 1.98. The number of amides is 3. The Morgan fingerprint density at radius 3 is 2.52 bits per heavy atom. The molecule has 1 fully saturated rings. The van der Waals surface area contributed by atoms with Crippen LogP contribution in [0.2, 0.25) is 0 Å². The molecule has 1 saturated heterocycles. The minimum Gasteiger partial charge on any atom is -0.495 e. The highest BCUT2D eigenvalue weighted by Crippen LogP contribution is 2.28. The number of carbonyl (C=O) groups is 3. The molecule has 0 aliphatic carbocycles. The largest absolute Gasteiger partial charge is 0.495 e. The number of nitrogens with one attached hydrogen (secondary N) is 1. The van der Waals surface area contributed by atoms with Crippen molar-refractivity contribution < 1.29 is 23.9 Å². The topological polar surface area (TPSA) is 114 Å². The van der Waals surface area contributed by atoms with Gasteiger partial charge in [-0.25, -0.2) is 9.59 Å². The Morgan fingerprint density at radius 2 is 1.90 bits per heavy atom. The van der Waals surface area contributed by atoms with Gasteiger partial charge in [-0.1, -0.05) is 12.1 Å². The number of esters is 1. The number of benzene rings is 1. The Kier molecular flexibility index (Phi) is 8.91. The summed E-state index contributed by atoms with van der Waals surface area (Å²) in [5.74, 6) is 0.526. The molecule has 2 rings (SSSR count). The number of methoxy groups -OCH3 is 1. The monoisotopic (exact) mass is 424 g/mol. The smallest absolute Gasteiger partial charge is 0.329 e. The second kappa shape index (κ2) is 11.4. The van der Waals surface area contributed by atoms with Crippen LogP contribution >= 0.6 is 11.8 Å². The number of hydrogen-bond donors (Lipinski definition) is 2. The zero-order valence-electron chi connectivity index (χ0n) is 16.8. The van der Waals surface area contributed by atoms with Gasteiger partial charge in [0.15, 0.2) is 6.61 Å². The molecule has 1 aromatic carbocycles. The van der Waals surface area contributed by atoms with Crippen LogP contribution in [0.4, 0.5) is 10.5 Å². The average Bonchev–Trinajstić information content (AvgIpc) is 2.74. The lowest BCUT2D eigenvalue weighted by Crippen LogP contribution is -2.50. The van der Waals surface area contributed by atoms with Crippen molar-refractivity contribution in [3.05, 3.63) is 24.3 Å². The van der Waals surface area contributed by atoms with Crippen molar-refractivity contribution in [1.29, 1.82) is 0 Å². The predicted octanol–water partition coefficient (Wildman–Crippen LogP) is 0.677. The molecule has 0 unspecified atom stereocenters. The number of rotatable bonds is 9. The molecule has 1 heterocycles. The zero-order valence-corrected chi connectivity index (χ0v) is 17.6. The van der Waals surface area contributed by atoms with Crippen LogP contribution in [0, 0.1) is 0 Å². The summed E-state index contributed by atoms with van der Waals surface area (Å²) in [6, 6.07) is 6.10. The van der Waals surface area contributed by atoms with E-state index in [1.54, 1.807) is 12.0 Å². The van der Waals surface area contributed by atoms with Gasteiger partial charge >= 0.3 is 12.0 Å². The third kappa shape index (κ3) is 6.74. The van der Waals surface area contributed by atoms with Crippen LogP contribution in [0.1, 0.15) is 6.42 Å². The second-order valence-corrected chi connectivity index (χ2v) is 7.48. The fourth-order valence-electron chi connectivity index (χ4n) is 3.07. The van der Waals surface area contributed by atoms with Gasteiger partial charge in [-0.15, -0.1) is 0 Å². The molecule has 29 heavy (non-hydrogen) atoms. The van der Waals surface area contributed by atoms with Crippen LogP contribution in [0.15, 0.2) is 24.3 Å². The van der Waals surface area contributed by atoms with Crippen molar-refractivity contribution in [2.45, 2.75) is 12.5 Å². The van der Waals surface area contributed by atoms with E-state index in [0.717, 1.165) is 11.4 Å². The maximum atomic E-state index is 12.4. The normalized spacial score (nSPS) is 14.8. The van der Waals surface area contributed by atoms with Crippen molar-refractivity contribution in [3.8, 4) is 5.75 Å². The first-order chi connectivity index (χ1) is 14.0. The van der Waals surface area contributed by atoms with Gasteiger partial charge in [-0.05, 0) is 30.6 Å². The summed E-state index contributed by atoms with van der Waals surface area (Å²) in [4.78, 5) is 39.5. The number of anilines is 1. The number of piperazine rings is 1. The molecule has 10 heteroatoms. The fourth-order valence-corrected chi connectivity index (χ4v) is 3.54. The Morgan fingerprint density at radius 1 is 1.21 bits per heavy atom. The van der Waals surface area contributed by atoms with E-state index in [0.29, 0.717) is 38.4 Å². The van der Waals surface area contributed by atoms with Crippen molar-refractivity contribution in [1.82, 2.24) is 10.2 Å². The SMILES string of the molecule is COc1ccccc1N1CCN(C(=O)COC(=O)[C@H](CCSC)NC(N)=O)CC1. The standard InChI is InChI=1S/C19H28N4O5S/c1-27-16-6-4-3-5-15(16)22-8-10-23(11-9-22)17(24)13-28-18(25)14(7-12-29-2)21-19(20)26/h3-6,14H,7-13H2,1-2H3,(H3,20,21,26)/t14-/m0/s1. The lowest BCUT2D eigenvalue weighted by molar-refractivity contribution is -0.153. The van der Waals surface area contributed by atoms with Gasteiger partial charge in [0.1, 0.15) is 11.8 Å². The summed E-state index contributed by atoms with van der Waals surface area (Å²) < 4.78 is 10.5. The van der Waals surface area contributed by atoms with Gasteiger partial charge in [-0.3, -0.25) is 4.79 Å².